The average molecular weight is 383 g/mol. The lowest BCUT2D eigenvalue weighted by atomic mass is 10.2. The summed E-state index contributed by atoms with van der Waals surface area (Å²) >= 11 is 11.5. The number of nitrogens with zero attached hydrogens (tertiary/aromatic N) is 3. The van der Waals surface area contributed by atoms with Crippen LogP contribution in [0.3, 0.4) is 0 Å². The fourth-order valence-electron chi connectivity index (χ4n) is 3.25. The SMILES string of the molecule is S=C(NCCCN1CCOCC1)N1CCN(c2ccc(Cl)cc2)CC1. The minimum atomic E-state index is 0.782. The van der Waals surface area contributed by atoms with Gasteiger partial charge in [0.05, 0.1) is 13.2 Å². The van der Waals surface area contributed by atoms with E-state index in [4.69, 9.17) is 28.6 Å². The zero-order chi connectivity index (χ0) is 17.5. The molecule has 7 heteroatoms. The van der Waals surface area contributed by atoms with Crippen molar-refractivity contribution < 1.29 is 4.74 Å². The molecule has 138 valence electrons. The van der Waals surface area contributed by atoms with Crippen LogP contribution in [0.15, 0.2) is 24.3 Å². The number of thiocarbonyl (C=S) groups is 1. The minimum absolute atomic E-state index is 0.782. The molecule has 25 heavy (non-hydrogen) atoms. The second-order valence-corrected chi connectivity index (χ2v) is 7.31. The topological polar surface area (TPSA) is 31.0 Å². The van der Waals surface area contributed by atoms with Gasteiger partial charge in [0.25, 0.3) is 0 Å². The maximum Gasteiger partial charge on any atom is 0.169 e. The summed E-state index contributed by atoms with van der Waals surface area (Å²) in [5, 5.41) is 5.09. The predicted octanol–water partition coefficient (Wildman–Crippen LogP) is 2.06. The number of nitrogens with one attached hydrogen (secondary N) is 1. The highest BCUT2D eigenvalue weighted by Gasteiger charge is 2.19. The number of halogens is 1. The molecule has 0 amide bonds. The Bertz CT molecular complexity index is 543. The van der Waals surface area contributed by atoms with Crippen molar-refractivity contribution in [3.63, 3.8) is 0 Å². The molecule has 3 rings (SSSR count). The number of hydrogen-bond acceptors (Lipinski definition) is 4. The van der Waals surface area contributed by atoms with Gasteiger partial charge >= 0.3 is 0 Å². The Balaban J connectivity index is 1.33. The summed E-state index contributed by atoms with van der Waals surface area (Å²) in [5.74, 6) is 0. The molecule has 5 nitrogen and oxygen atoms in total. The molecule has 1 N–H and O–H groups in total. The van der Waals surface area contributed by atoms with Crippen LogP contribution in [0.25, 0.3) is 0 Å². The summed E-state index contributed by atoms with van der Waals surface area (Å²) in [4.78, 5) is 7.11. The summed E-state index contributed by atoms with van der Waals surface area (Å²) in [7, 11) is 0. The fraction of sp³-hybridized carbons (Fsp3) is 0.611. The Morgan fingerprint density at radius 2 is 1.72 bits per heavy atom. The number of anilines is 1. The maximum atomic E-state index is 5.96. The first-order valence-electron chi connectivity index (χ1n) is 9.06. The molecule has 2 saturated heterocycles. The largest absolute Gasteiger partial charge is 0.379 e. The summed E-state index contributed by atoms with van der Waals surface area (Å²) in [6.45, 7) is 9.77. The Hall–Kier alpha value is -1.08. The van der Waals surface area contributed by atoms with E-state index in [0.717, 1.165) is 82.1 Å². The molecule has 0 bridgehead atoms. The van der Waals surface area contributed by atoms with E-state index in [1.54, 1.807) is 0 Å². The first-order valence-corrected chi connectivity index (χ1v) is 9.84. The van der Waals surface area contributed by atoms with Gasteiger partial charge in [-0.2, -0.15) is 0 Å². The molecule has 0 atom stereocenters. The van der Waals surface area contributed by atoms with Crippen molar-refractivity contribution in [3.05, 3.63) is 29.3 Å². The highest BCUT2D eigenvalue weighted by molar-refractivity contribution is 7.80. The van der Waals surface area contributed by atoms with Crippen LogP contribution in [-0.2, 0) is 4.74 Å². The molecular formula is C18H27ClN4OS. The molecule has 1 aromatic rings. The van der Waals surface area contributed by atoms with Crippen LogP contribution in [0.4, 0.5) is 5.69 Å². The number of piperazine rings is 1. The van der Waals surface area contributed by atoms with Gasteiger partial charge in [-0.1, -0.05) is 11.6 Å². The molecule has 2 fully saturated rings. The molecule has 2 aliphatic heterocycles. The molecule has 0 aliphatic carbocycles. The second kappa shape index (κ2) is 9.57. The standard InChI is InChI=1S/C18H27ClN4OS/c19-16-2-4-17(5-3-16)22-8-10-23(11-9-22)18(25)20-6-1-7-21-12-14-24-15-13-21/h2-5H,1,6-15H2,(H,20,25). The van der Waals surface area contributed by atoms with E-state index in [1.807, 2.05) is 12.1 Å². The van der Waals surface area contributed by atoms with Gasteiger partial charge in [0, 0.05) is 56.5 Å². The van der Waals surface area contributed by atoms with E-state index in [9.17, 15) is 0 Å². The van der Waals surface area contributed by atoms with Crippen LogP contribution < -0.4 is 10.2 Å². The highest BCUT2D eigenvalue weighted by atomic mass is 35.5. The van der Waals surface area contributed by atoms with E-state index in [1.165, 1.54) is 5.69 Å². The van der Waals surface area contributed by atoms with Crippen LogP contribution in [0.2, 0.25) is 5.02 Å². The van der Waals surface area contributed by atoms with E-state index in [2.05, 4.69) is 32.1 Å². The number of benzene rings is 1. The van der Waals surface area contributed by atoms with Gasteiger partial charge < -0.3 is 19.9 Å². The van der Waals surface area contributed by atoms with Crippen molar-refractivity contribution in [1.29, 1.82) is 0 Å². The zero-order valence-corrected chi connectivity index (χ0v) is 16.2. The van der Waals surface area contributed by atoms with Gasteiger partial charge in [-0.05, 0) is 49.4 Å². The highest BCUT2D eigenvalue weighted by Crippen LogP contribution is 2.19. The van der Waals surface area contributed by atoms with Crippen molar-refractivity contribution >= 4 is 34.6 Å². The first kappa shape index (κ1) is 18.7. The van der Waals surface area contributed by atoms with Crippen molar-refractivity contribution in [2.75, 3.05) is 70.5 Å². The second-order valence-electron chi connectivity index (χ2n) is 6.49. The van der Waals surface area contributed by atoms with Crippen LogP contribution in [0, 0.1) is 0 Å². The van der Waals surface area contributed by atoms with Crippen molar-refractivity contribution in [3.8, 4) is 0 Å². The lowest BCUT2D eigenvalue weighted by molar-refractivity contribution is 0.0376. The lowest BCUT2D eigenvalue weighted by Crippen LogP contribution is -2.52. The monoisotopic (exact) mass is 382 g/mol. The van der Waals surface area contributed by atoms with E-state index in [-0.39, 0.29) is 0 Å². The number of rotatable bonds is 5. The Morgan fingerprint density at radius 3 is 2.40 bits per heavy atom. The minimum Gasteiger partial charge on any atom is -0.379 e. The smallest absolute Gasteiger partial charge is 0.169 e. The molecule has 2 aliphatic rings. The lowest BCUT2D eigenvalue weighted by Gasteiger charge is -2.37. The van der Waals surface area contributed by atoms with Crippen molar-refractivity contribution in [2.24, 2.45) is 0 Å². The van der Waals surface area contributed by atoms with Crippen LogP contribution >= 0.6 is 23.8 Å². The third-order valence-corrected chi connectivity index (χ3v) is 5.44. The molecule has 1 aromatic carbocycles. The van der Waals surface area contributed by atoms with E-state index in [0.29, 0.717) is 0 Å². The van der Waals surface area contributed by atoms with Gasteiger partial charge in [-0.3, -0.25) is 4.90 Å². The zero-order valence-electron chi connectivity index (χ0n) is 14.6. The molecule has 0 unspecified atom stereocenters. The molecule has 0 radical (unpaired) electrons. The number of morpholine rings is 1. The molecular weight excluding hydrogens is 356 g/mol. The predicted molar refractivity (Wildman–Crippen MR) is 108 cm³/mol. The Morgan fingerprint density at radius 1 is 1.04 bits per heavy atom. The van der Waals surface area contributed by atoms with Crippen LogP contribution in [0.1, 0.15) is 6.42 Å². The van der Waals surface area contributed by atoms with Crippen molar-refractivity contribution in [2.45, 2.75) is 6.42 Å². The van der Waals surface area contributed by atoms with Gasteiger partial charge in [-0.15, -0.1) is 0 Å². The summed E-state index contributed by atoms with van der Waals surface area (Å²) in [5.41, 5.74) is 1.23. The third-order valence-electron chi connectivity index (χ3n) is 4.79. The van der Waals surface area contributed by atoms with E-state index < -0.39 is 0 Å². The quantitative estimate of drug-likeness (QED) is 0.619. The molecule has 2 heterocycles. The summed E-state index contributed by atoms with van der Waals surface area (Å²) in [6.07, 6.45) is 1.12. The van der Waals surface area contributed by atoms with E-state index >= 15 is 0 Å². The Kier molecular flexibility index (Phi) is 7.16. The van der Waals surface area contributed by atoms with Gasteiger partial charge in [0.2, 0.25) is 0 Å². The first-order chi connectivity index (χ1) is 12.2. The average Bonchev–Trinajstić information content (AvgIpc) is 2.67. The maximum absolute atomic E-state index is 5.96. The third kappa shape index (κ3) is 5.71. The van der Waals surface area contributed by atoms with Gasteiger partial charge in [0.1, 0.15) is 0 Å². The summed E-state index contributed by atoms with van der Waals surface area (Å²) < 4.78 is 5.37. The Labute approximate surface area is 160 Å². The molecule has 0 spiro atoms. The van der Waals surface area contributed by atoms with Crippen LogP contribution in [0.5, 0.6) is 0 Å². The molecule has 0 saturated carbocycles. The molecule has 0 aromatic heterocycles. The van der Waals surface area contributed by atoms with Crippen LogP contribution in [-0.4, -0.2) is 80.5 Å². The number of ether oxygens (including phenoxy) is 1. The summed E-state index contributed by atoms with van der Waals surface area (Å²) in [6, 6.07) is 8.06. The van der Waals surface area contributed by atoms with Gasteiger partial charge in [0.15, 0.2) is 5.11 Å². The number of hydrogen-bond donors (Lipinski definition) is 1. The normalized spacial score (nSPS) is 19.1. The fourth-order valence-corrected chi connectivity index (χ4v) is 3.66. The van der Waals surface area contributed by atoms with Gasteiger partial charge in [-0.25, -0.2) is 0 Å². The van der Waals surface area contributed by atoms with Crippen molar-refractivity contribution in [1.82, 2.24) is 15.1 Å².